The fourth-order valence-electron chi connectivity index (χ4n) is 2.55. The molecule has 1 aromatic carbocycles. The Labute approximate surface area is 112 Å². The number of nitrogens with two attached hydrogens (primary N) is 1. The predicted molar refractivity (Wildman–Crippen MR) is 76.8 cm³/mol. The Balaban J connectivity index is 1.91. The highest BCUT2D eigenvalue weighted by atomic mass is 15.1. The molecule has 19 heavy (non-hydrogen) atoms. The molecule has 0 unspecified atom stereocenters. The fraction of sp³-hybridized carbons (Fsp3) is 0.267. The summed E-state index contributed by atoms with van der Waals surface area (Å²) in [5.41, 5.74) is 8.28. The van der Waals surface area contributed by atoms with Crippen molar-refractivity contribution < 1.29 is 0 Å². The quantitative estimate of drug-likeness (QED) is 0.776. The van der Waals surface area contributed by atoms with Gasteiger partial charge in [-0.3, -0.25) is 0 Å². The molecule has 2 N–H and O–H groups in total. The Morgan fingerprint density at radius 2 is 1.95 bits per heavy atom. The van der Waals surface area contributed by atoms with E-state index in [0.29, 0.717) is 6.54 Å². The van der Waals surface area contributed by atoms with Crippen LogP contribution in [-0.2, 0) is 19.6 Å². The molecule has 3 aromatic rings. The van der Waals surface area contributed by atoms with E-state index >= 15 is 0 Å². The van der Waals surface area contributed by atoms with E-state index in [1.165, 1.54) is 16.5 Å². The topological polar surface area (TPSA) is 48.8 Å². The average Bonchev–Trinajstić information content (AvgIpc) is 3.02. The molecule has 2 aromatic heterocycles. The molecular weight excluding hydrogens is 236 g/mol. The van der Waals surface area contributed by atoms with Gasteiger partial charge in [0.1, 0.15) is 5.82 Å². The minimum Gasteiger partial charge on any atom is -0.345 e. The third-order valence-electron chi connectivity index (χ3n) is 3.60. The Hall–Kier alpha value is -2.07. The van der Waals surface area contributed by atoms with Crippen LogP contribution in [0.15, 0.2) is 42.9 Å². The lowest BCUT2D eigenvalue weighted by atomic mass is 10.1. The summed E-state index contributed by atoms with van der Waals surface area (Å²) in [4.78, 5) is 4.25. The van der Waals surface area contributed by atoms with Crippen molar-refractivity contribution >= 4 is 10.9 Å². The van der Waals surface area contributed by atoms with Crippen molar-refractivity contribution in [3.05, 3.63) is 54.2 Å². The first-order valence-electron chi connectivity index (χ1n) is 6.54. The minimum absolute atomic E-state index is 0.575. The van der Waals surface area contributed by atoms with E-state index in [-0.39, 0.29) is 0 Å². The smallest absolute Gasteiger partial charge is 0.105 e. The molecule has 0 aliphatic rings. The maximum absolute atomic E-state index is 5.83. The van der Waals surface area contributed by atoms with E-state index in [1.54, 1.807) is 0 Å². The highest BCUT2D eigenvalue weighted by Gasteiger charge is 2.05. The van der Waals surface area contributed by atoms with Crippen molar-refractivity contribution in [2.75, 3.05) is 0 Å². The summed E-state index contributed by atoms with van der Waals surface area (Å²) in [7, 11) is 0. The molecule has 0 amide bonds. The van der Waals surface area contributed by atoms with Crippen LogP contribution in [-0.4, -0.2) is 14.1 Å². The maximum atomic E-state index is 5.83. The highest BCUT2D eigenvalue weighted by Crippen LogP contribution is 2.20. The molecule has 0 atom stereocenters. The van der Waals surface area contributed by atoms with Crippen molar-refractivity contribution in [3.8, 4) is 0 Å². The molecule has 0 bridgehead atoms. The van der Waals surface area contributed by atoms with Crippen LogP contribution in [0.3, 0.4) is 0 Å². The van der Waals surface area contributed by atoms with E-state index < -0.39 is 0 Å². The number of aromatic nitrogens is 3. The summed E-state index contributed by atoms with van der Waals surface area (Å²) in [6.45, 7) is 4.46. The molecule has 0 aliphatic heterocycles. The van der Waals surface area contributed by atoms with Gasteiger partial charge in [-0.05, 0) is 23.9 Å². The monoisotopic (exact) mass is 254 g/mol. The zero-order valence-electron chi connectivity index (χ0n) is 11.1. The lowest BCUT2D eigenvalue weighted by Gasteiger charge is -2.10. The number of fused-ring (bicyclic) bond motifs is 1. The number of rotatable bonds is 4. The van der Waals surface area contributed by atoms with E-state index in [2.05, 4.69) is 44.6 Å². The van der Waals surface area contributed by atoms with Crippen LogP contribution in [0.2, 0.25) is 0 Å². The third-order valence-corrected chi connectivity index (χ3v) is 3.60. The van der Waals surface area contributed by atoms with Crippen molar-refractivity contribution in [1.82, 2.24) is 14.1 Å². The van der Waals surface area contributed by atoms with Crippen LogP contribution < -0.4 is 5.73 Å². The van der Waals surface area contributed by atoms with Crippen molar-refractivity contribution in [2.24, 2.45) is 5.73 Å². The molecule has 3 rings (SSSR count). The number of nitrogens with zero attached hydrogens (tertiary/aromatic N) is 3. The van der Waals surface area contributed by atoms with E-state index in [9.17, 15) is 0 Å². The van der Waals surface area contributed by atoms with Crippen LogP contribution in [0.1, 0.15) is 11.4 Å². The van der Waals surface area contributed by atoms with Gasteiger partial charge < -0.3 is 14.9 Å². The SMILES string of the molecule is Cc1nccn1CCn1ccc2cccc(CN)c21. The molecular formula is C15H18N4. The zero-order valence-corrected chi connectivity index (χ0v) is 11.1. The molecule has 0 saturated heterocycles. The highest BCUT2D eigenvalue weighted by molar-refractivity contribution is 5.83. The third kappa shape index (κ3) is 2.15. The Bertz CT molecular complexity index is 693. The van der Waals surface area contributed by atoms with Crippen LogP contribution >= 0.6 is 0 Å². The second-order valence-corrected chi connectivity index (χ2v) is 4.74. The number of imidazole rings is 1. The maximum Gasteiger partial charge on any atom is 0.105 e. The molecule has 2 heterocycles. The van der Waals surface area contributed by atoms with E-state index in [4.69, 9.17) is 5.73 Å². The van der Waals surface area contributed by atoms with Gasteiger partial charge in [0.25, 0.3) is 0 Å². The van der Waals surface area contributed by atoms with Crippen LogP contribution in [0.5, 0.6) is 0 Å². The molecule has 0 aliphatic carbocycles. The second-order valence-electron chi connectivity index (χ2n) is 4.74. The first-order chi connectivity index (χ1) is 9.29. The van der Waals surface area contributed by atoms with Gasteiger partial charge in [-0.25, -0.2) is 4.98 Å². The Kier molecular flexibility index (Phi) is 3.09. The van der Waals surface area contributed by atoms with Crippen LogP contribution in [0.25, 0.3) is 10.9 Å². The molecule has 0 spiro atoms. The number of para-hydroxylation sites is 1. The second kappa shape index (κ2) is 4.90. The van der Waals surface area contributed by atoms with E-state index in [0.717, 1.165) is 18.9 Å². The molecule has 0 fully saturated rings. The normalized spacial score (nSPS) is 11.3. The molecule has 0 radical (unpaired) electrons. The number of hydrogen-bond acceptors (Lipinski definition) is 2. The number of benzene rings is 1. The van der Waals surface area contributed by atoms with E-state index in [1.807, 2.05) is 19.3 Å². The van der Waals surface area contributed by atoms with Crippen LogP contribution in [0.4, 0.5) is 0 Å². The first kappa shape index (κ1) is 12.0. The average molecular weight is 254 g/mol. The largest absolute Gasteiger partial charge is 0.345 e. The molecule has 98 valence electrons. The number of hydrogen-bond donors (Lipinski definition) is 1. The standard InChI is InChI=1S/C15H18N4/c1-12-17-6-8-18(12)9-10-19-7-5-13-3-2-4-14(11-16)15(13)19/h2-8H,9-11,16H2,1H3. The van der Waals surface area contributed by atoms with Crippen molar-refractivity contribution in [2.45, 2.75) is 26.6 Å². The summed E-state index contributed by atoms with van der Waals surface area (Å²) in [5.74, 6) is 1.05. The van der Waals surface area contributed by atoms with Crippen molar-refractivity contribution in [3.63, 3.8) is 0 Å². The zero-order chi connectivity index (χ0) is 13.2. The van der Waals surface area contributed by atoms with Gasteiger partial charge in [0, 0.05) is 38.2 Å². The van der Waals surface area contributed by atoms with Gasteiger partial charge in [-0.1, -0.05) is 18.2 Å². The van der Waals surface area contributed by atoms with Crippen molar-refractivity contribution in [1.29, 1.82) is 0 Å². The van der Waals surface area contributed by atoms with Gasteiger partial charge in [-0.2, -0.15) is 0 Å². The predicted octanol–water partition coefficient (Wildman–Crippen LogP) is 2.31. The molecule has 0 saturated carbocycles. The minimum atomic E-state index is 0.575. The summed E-state index contributed by atoms with van der Waals surface area (Å²) in [6, 6.07) is 8.44. The summed E-state index contributed by atoms with van der Waals surface area (Å²) >= 11 is 0. The first-order valence-corrected chi connectivity index (χ1v) is 6.54. The van der Waals surface area contributed by atoms with Gasteiger partial charge in [0.15, 0.2) is 0 Å². The van der Waals surface area contributed by atoms with Gasteiger partial charge in [0.05, 0.1) is 5.52 Å². The lowest BCUT2D eigenvalue weighted by Crippen LogP contribution is -2.08. The van der Waals surface area contributed by atoms with Gasteiger partial charge in [0.2, 0.25) is 0 Å². The Morgan fingerprint density at radius 3 is 2.68 bits per heavy atom. The summed E-state index contributed by atoms with van der Waals surface area (Å²) < 4.78 is 4.44. The number of aryl methyl sites for hydroxylation is 3. The fourth-order valence-corrected chi connectivity index (χ4v) is 2.55. The molecule has 4 nitrogen and oxygen atoms in total. The molecule has 4 heteroatoms. The van der Waals surface area contributed by atoms with Gasteiger partial charge in [-0.15, -0.1) is 0 Å². The lowest BCUT2D eigenvalue weighted by molar-refractivity contribution is 0.579. The van der Waals surface area contributed by atoms with Crippen LogP contribution in [0, 0.1) is 6.92 Å². The summed E-state index contributed by atoms with van der Waals surface area (Å²) in [5, 5.41) is 1.25. The summed E-state index contributed by atoms with van der Waals surface area (Å²) in [6.07, 6.45) is 6.00. The Morgan fingerprint density at radius 1 is 1.11 bits per heavy atom. The van der Waals surface area contributed by atoms with Gasteiger partial charge >= 0.3 is 0 Å².